The number of nitrogens with zero attached hydrogens (tertiary/aromatic N) is 2. The molecular weight excluding hydrogens is 513 g/mol. The second-order valence-corrected chi connectivity index (χ2v) is 9.99. The number of nitro benzene ring substituents is 1. The van der Waals surface area contributed by atoms with Crippen molar-refractivity contribution in [1.29, 1.82) is 0 Å². The molecule has 0 aromatic heterocycles. The summed E-state index contributed by atoms with van der Waals surface area (Å²) in [6.45, 7) is 4.49. The summed E-state index contributed by atoms with van der Waals surface area (Å²) in [5.41, 5.74) is 1.69. The van der Waals surface area contributed by atoms with Crippen LogP contribution in [0.5, 0.6) is 0 Å². The van der Waals surface area contributed by atoms with Crippen molar-refractivity contribution < 1.29 is 14.5 Å². The van der Waals surface area contributed by atoms with Gasteiger partial charge in [-0.2, -0.15) is 0 Å². The van der Waals surface area contributed by atoms with Crippen molar-refractivity contribution >= 4 is 40.7 Å². The Labute approximate surface area is 226 Å². The molecule has 0 spiro atoms. The van der Waals surface area contributed by atoms with E-state index >= 15 is 0 Å². The van der Waals surface area contributed by atoms with E-state index in [0.29, 0.717) is 22.2 Å². The fourth-order valence-electron chi connectivity index (χ4n) is 3.91. The van der Waals surface area contributed by atoms with Crippen LogP contribution in [0.25, 0.3) is 0 Å². The number of hydrogen-bond donors (Lipinski definition) is 1. The molecule has 0 saturated heterocycles. The van der Waals surface area contributed by atoms with Crippen molar-refractivity contribution in [3.63, 3.8) is 0 Å². The average molecular weight is 542 g/mol. The van der Waals surface area contributed by atoms with Gasteiger partial charge in [0.1, 0.15) is 6.04 Å². The highest BCUT2D eigenvalue weighted by atomic mass is 35.5. The first-order valence-electron chi connectivity index (χ1n) is 11.9. The number of para-hydroxylation sites is 1. The molecule has 3 rings (SSSR count). The lowest BCUT2D eigenvalue weighted by atomic mass is 10.0. The molecular formula is C28H29Cl2N3O4. The highest BCUT2D eigenvalue weighted by Gasteiger charge is 2.31. The minimum atomic E-state index is -0.856. The Morgan fingerprint density at radius 1 is 0.946 bits per heavy atom. The van der Waals surface area contributed by atoms with Crippen molar-refractivity contribution in [3.05, 3.63) is 110 Å². The highest BCUT2D eigenvalue weighted by Crippen LogP contribution is 2.25. The fourth-order valence-corrected chi connectivity index (χ4v) is 4.23. The molecule has 194 valence electrons. The van der Waals surface area contributed by atoms with Crippen LogP contribution in [0.4, 0.5) is 5.69 Å². The highest BCUT2D eigenvalue weighted by molar-refractivity contribution is 6.42. The Morgan fingerprint density at radius 3 is 2.27 bits per heavy atom. The summed E-state index contributed by atoms with van der Waals surface area (Å²) in [6.07, 6.45) is 0.0376. The summed E-state index contributed by atoms with van der Waals surface area (Å²) < 4.78 is 0. The maximum Gasteiger partial charge on any atom is 0.273 e. The Kier molecular flexibility index (Phi) is 10.1. The summed E-state index contributed by atoms with van der Waals surface area (Å²) in [6, 6.07) is 19.7. The lowest BCUT2D eigenvalue weighted by Crippen LogP contribution is -2.51. The predicted molar refractivity (Wildman–Crippen MR) is 146 cm³/mol. The first kappa shape index (κ1) is 28.2. The number of hydrogen-bond acceptors (Lipinski definition) is 4. The van der Waals surface area contributed by atoms with Gasteiger partial charge in [-0.15, -0.1) is 0 Å². The summed E-state index contributed by atoms with van der Waals surface area (Å²) in [5, 5.41) is 15.2. The monoisotopic (exact) mass is 541 g/mol. The van der Waals surface area contributed by atoms with Gasteiger partial charge in [-0.25, -0.2) is 0 Å². The maximum atomic E-state index is 13.8. The van der Waals surface area contributed by atoms with Crippen molar-refractivity contribution in [2.24, 2.45) is 5.92 Å². The minimum Gasteiger partial charge on any atom is -0.354 e. The van der Waals surface area contributed by atoms with Crippen molar-refractivity contribution in [2.75, 3.05) is 6.54 Å². The number of carbonyl (C=O) groups excluding carboxylic acids is 2. The van der Waals surface area contributed by atoms with E-state index in [2.05, 4.69) is 5.32 Å². The number of carbonyl (C=O) groups is 2. The van der Waals surface area contributed by atoms with Gasteiger partial charge in [-0.1, -0.05) is 91.6 Å². The van der Waals surface area contributed by atoms with E-state index in [0.717, 1.165) is 5.56 Å². The van der Waals surface area contributed by atoms with Gasteiger partial charge >= 0.3 is 0 Å². The molecule has 1 N–H and O–H groups in total. The lowest BCUT2D eigenvalue weighted by molar-refractivity contribution is -0.385. The third-order valence-electron chi connectivity index (χ3n) is 5.82. The largest absolute Gasteiger partial charge is 0.354 e. The van der Waals surface area contributed by atoms with Crippen LogP contribution in [0, 0.1) is 16.0 Å². The van der Waals surface area contributed by atoms with Crippen molar-refractivity contribution in [1.82, 2.24) is 10.2 Å². The van der Waals surface area contributed by atoms with E-state index in [4.69, 9.17) is 23.2 Å². The molecule has 3 aromatic rings. The summed E-state index contributed by atoms with van der Waals surface area (Å²) in [5.74, 6) is -0.498. The topological polar surface area (TPSA) is 92.6 Å². The van der Waals surface area contributed by atoms with E-state index in [1.807, 2.05) is 44.2 Å². The van der Waals surface area contributed by atoms with Crippen LogP contribution in [0.3, 0.4) is 0 Å². The van der Waals surface area contributed by atoms with Gasteiger partial charge in [0.05, 0.1) is 21.4 Å². The fraction of sp³-hybridized carbons (Fsp3) is 0.286. The number of rotatable bonds is 11. The molecule has 37 heavy (non-hydrogen) atoms. The van der Waals surface area contributed by atoms with Gasteiger partial charge in [-0.05, 0) is 29.2 Å². The number of amides is 2. The van der Waals surface area contributed by atoms with Crippen molar-refractivity contribution in [2.45, 2.75) is 39.3 Å². The lowest BCUT2D eigenvalue weighted by Gasteiger charge is -2.32. The van der Waals surface area contributed by atoms with Crippen LogP contribution in [0.2, 0.25) is 10.0 Å². The number of nitrogens with one attached hydrogen (secondary N) is 1. The van der Waals surface area contributed by atoms with Crippen molar-refractivity contribution in [3.8, 4) is 0 Å². The molecule has 0 radical (unpaired) electrons. The Hall–Kier alpha value is -3.42. The molecule has 1 unspecified atom stereocenters. The molecule has 1 atom stereocenters. The summed E-state index contributed by atoms with van der Waals surface area (Å²) in [4.78, 5) is 39.8. The SMILES string of the molecule is CC(C)CNC(=O)C(Cc1ccccc1)N(Cc1ccc(Cl)c(Cl)c1)C(=O)Cc1ccccc1[N+](=O)[O-]. The van der Waals surface area contributed by atoms with Crippen LogP contribution in [-0.4, -0.2) is 34.2 Å². The predicted octanol–water partition coefficient (Wildman–Crippen LogP) is 5.86. The van der Waals surface area contributed by atoms with E-state index < -0.39 is 16.9 Å². The molecule has 3 aromatic carbocycles. The van der Waals surface area contributed by atoms with E-state index in [1.165, 1.54) is 11.0 Å². The van der Waals surface area contributed by atoms with Crippen LogP contribution in [0.1, 0.15) is 30.5 Å². The Bertz CT molecular complexity index is 1250. The number of nitro groups is 1. The zero-order valence-corrected chi connectivity index (χ0v) is 22.2. The van der Waals surface area contributed by atoms with Crippen LogP contribution >= 0.6 is 23.2 Å². The van der Waals surface area contributed by atoms with Gasteiger partial charge in [0.25, 0.3) is 5.69 Å². The maximum absolute atomic E-state index is 13.8. The first-order valence-corrected chi connectivity index (χ1v) is 12.7. The normalized spacial score (nSPS) is 11.7. The van der Waals surface area contributed by atoms with Crippen LogP contribution < -0.4 is 5.32 Å². The zero-order valence-electron chi connectivity index (χ0n) is 20.7. The van der Waals surface area contributed by atoms with Gasteiger partial charge in [0.2, 0.25) is 11.8 Å². The van der Waals surface area contributed by atoms with Crippen LogP contribution in [-0.2, 0) is 29.0 Å². The van der Waals surface area contributed by atoms with Gasteiger partial charge in [0, 0.05) is 31.1 Å². The van der Waals surface area contributed by atoms with E-state index in [1.54, 1.807) is 36.4 Å². The summed E-state index contributed by atoms with van der Waals surface area (Å²) in [7, 11) is 0. The van der Waals surface area contributed by atoms with Crippen LogP contribution in [0.15, 0.2) is 72.8 Å². The average Bonchev–Trinajstić information content (AvgIpc) is 2.87. The molecule has 0 aliphatic heterocycles. The first-order chi connectivity index (χ1) is 17.7. The molecule has 0 bridgehead atoms. The van der Waals surface area contributed by atoms with Gasteiger partial charge in [-0.3, -0.25) is 19.7 Å². The van der Waals surface area contributed by atoms with Gasteiger partial charge in [0.15, 0.2) is 0 Å². The second-order valence-electron chi connectivity index (χ2n) is 9.18. The molecule has 9 heteroatoms. The quantitative estimate of drug-likeness (QED) is 0.243. The molecule has 0 saturated carbocycles. The zero-order chi connectivity index (χ0) is 26.9. The standard InChI is InChI=1S/C28H29Cl2N3O4/c1-19(2)17-31-28(35)26(15-20-8-4-3-5-9-20)32(18-21-12-13-23(29)24(30)14-21)27(34)16-22-10-6-7-11-25(22)33(36)37/h3-14,19,26H,15-18H2,1-2H3,(H,31,35). The Morgan fingerprint density at radius 2 is 1.62 bits per heavy atom. The molecule has 0 heterocycles. The third-order valence-corrected chi connectivity index (χ3v) is 6.56. The molecule has 7 nitrogen and oxygen atoms in total. The molecule has 0 aliphatic rings. The van der Waals surface area contributed by atoms with E-state index in [9.17, 15) is 19.7 Å². The molecule has 0 fully saturated rings. The smallest absolute Gasteiger partial charge is 0.273 e. The molecule has 2 amide bonds. The number of halogens is 2. The minimum absolute atomic E-state index is 0.0724. The van der Waals surface area contributed by atoms with E-state index in [-0.39, 0.29) is 42.5 Å². The summed E-state index contributed by atoms with van der Waals surface area (Å²) >= 11 is 12.3. The second kappa shape index (κ2) is 13.2. The third kappa shape index (κ3) is 8.03. The van der Waals surface area contributed by atoms with Gasteiger partial charge < -0.3 is 10.2 Å². The number of benzene rings is 3. The molecule has 0 aliphatic carbocycles. The Balaban J connectivity index is 2.02.